The molecule has 5 rings (SSSR count). The molecule has 0 amide bonds. The first kappa shape index (κ1) is 25.5. The third-order valence-electron chi connectivity index (χ3n) is 9.76. The second-order valence-electron chi connectivity index (χ2n) is 11.6. The van der Waals surface area contributed by atoms with Crippen LogP contribution >= 0.6 is 0 Å². The molecule has 4 aliphatic carbocycles. The number of aliphatic hydroxyl groups is 2. The zero-order chi connectivity index (χ0) is 26.1. The van der Waals surface area contributed by atoms with Gasteiger partial charge in [0.05, 0.1) is 11.0 Å². The van der Waals surface area contributed by atoms with Gasteiger partial charge in [-0.25, -0.2) is 0 Å². The Morgan fingerprint density at radius 2 is 1.86 bits per heavy atom. The highest BCUT2D eigenvalue weighted by Gasteiger charge is 2.68. The highest BCUT2D eigenvalue weighted by molar-refractivity contribution is 7.86. The summed E-state index contributed by atoms with van der Waals surface area (Å²) in [5, 5.41) is 23.2. The summed E-state index contributed by atoms with van der Waals surface area (Å²) in [7, 11) is -4.16. The van der Waals surface area contributed by atoms with Gasteiger partial charge in [-0.3, -0.25) is 13.8 Å². The van der Waals surface area contributed by atoms with Crippen LogP contribution in [0.15, 0.2) is 53.0 Å². The van der Waals surface area contributed by atoms with E-state index in [4.69, 9.17) is 4.18 Å². The summed E-state index contributed by atoms with van der Waals surface area (Å²) in [6.45, 7) is 5.00. The van der Waals surface area contributed by atoms with Gasteiger partial charge in [-0.15, -0.1) is 0 Å². The fraction of sp³-hybridized carbons (Fsp3) is 0.571. The summed E-state index contributed by atoms with van der Waals surface area (Å²) in [6.07, 6.45) is 6.94. The van der Waals surface area contributed by atoms with E-state index in [0.29, 0.717) is 6.42 Å². The van der Waals surface area contributed by atoms with Crippen molar-refractivity contribution in [3.8, 4) is 0 Å². The maximum absolute atomic E-state index is 13.4. The van der Waals surface area contributed by atoms with Crippen molar-refractivity contribution in [2.45, 2.75) is 69.5 Å². The monoisotopic (exact) mass is 514 g/mol. The van der Waals surface area contributed by atoms with Crippen molar-refractivity contribution < 1.29 is 32.4 Å². The average molecular weight is 515 g/mol. The molecule has 2 N–H and O–H groups in total. The van der Waals surface area contributed by atoms with E-state index in [-0.39, 0.29) is 41.3 Å². The minimum absolute atomic E-state index is 0.0158. The highest BCUT2D eigenvalue weighted by Crippen LogP contribution is 2.67. The molecule has 8 heteroatoms. The Morgan fingerprint density at radius 3 is 2.56 bits per heavy atom. The molecule has 0 unspecified atom stereocenters. The van der Waals surface area contributed by atoms with Crippen LogP contribution in [0, 0.1) is 35.5 Å². The molecule has 0 saturated heterocycles. The van der Waals surface area contributed by atoms with Gasteiger partial charge in [0.1, 0.15) is 12.2 Å². The maximum Gasteiger partial charge on any atom is 0.297 e. The van der Waals surface area contributed by atoms with Crippen LogP contribution in [0.5, 0.6) is 0 Å². The molecule has 0 aromatic heterocycles. The van der Waals surface area contributed by atoms with Crippen LogP contribution in [0.25, 0.3) is 0 Å². The van der Waals surface area contributed by atoms with E-state index in [2.05, 4.69) is 6.92 Å². The standard InChI is InChI=1S/C28H34O7S/c1-17-4-7-20(8-5-17)36(33,34)35-16-24(31)28(32)13-11-22-21-9-6-18-14-19(29)10-12-26(18,2)25(21)23(30)15-27(22,28)3/h4-5,7-8,10,12,14,21-23,25,30,32H,6,9,11,13,15-16H2,1-3H3/t21-,22-,23-,25+,26-,27-,28-/m0/s1. The normalized spacial score (nSPS) is 39.7. The van der Waals surface area contributed by atoms with Gasteiger partial charge < -0.3 is 10.2 Å². The Balaban J connectivity index is 1.38. The highest BCUT2D eigenvalue weighted by atomic mass is 32.2. The first-order chi connectivity index (χ1) is 16.8. The van der Waals surface area contributed by atoms with Crippen LogP contribution in [-0.2, 0) is 23.9 Å². The van der Waals surface area contributed by atoms with Crippen molar-refractivity contribution in [2.24, 2.45) is 28.6 Å². The molecule has 1 aromatic carbocycles. The summed E-state index contributed by atoms with van der Waals surface area (Å²) in [5.41, 5.74) is -1.20. The summed E-state index contributed by atoms with van der Waals surface area (Å²) in [6, 6.07) is 6.15. The number of carbonyl (C=O) groups excluding carboxylic acids is 2. The minimum Gasteiger partial charge on any atom is -0.393 e. The van der Waals surface area contributed by atoms with Crippen LogP contribution in [0.2, 0.25) is 0 Å². The van der Waals surface area contributed by atoms with Crippen LogP contribution in [0.3, 0.4) is 0 Å². The Hall–Kier alpha value is -2.13. The molecule has 3 saturated carbocycles. The average Bonchev–Trinajstić information content (AvgIpc) is 3.09. The molecule has 7 nitrogen and oxygen atoms in total. The predicted octanol–water partition coefficient (Wildman–Crippen LogP) is 3.28. The maximum atomic E-state index is 13.4. The Morgan fingerprint density at radius 1 is 1.17 bits per heavy atom. The van der Waals surface area contributed by atoms with Crippen LogP contribution in [0.1, 0.15) is 51.5 Å². The lowest BCUT2D eigenvalue weighted by Crippen LogP contribution is -2.61. The molecule has 194 valence electrons. The van der Waals surface area contributed by atoms with E-state index in [1.807, 2.05) is 19.9 Å². The third-order valence-corrected chi connectivity index (χ3v) is 11.0. The molecule has 0 spiro atoms. The predicted molar refractivity (Wildman–Crippen MR) is 132 cm³/mol. The fourth-order valence-corrected chi connectivity index (χ4v) is 8.68. The smallest absolute Gasteiger partial charge is 0.297 e. The van der Waals surface area contributed by atoms with Gasteiger partial charge in [0.15, 0.2) is 11.6 Å². The summed E-state index contributed by atoms with van der Waals surface area (Å²) >= 11 is 0. The van der Waals surface area contributed by atoms with E-state index in [1.165, 1.54) is 12.1 Å². The molecular formula is C28H34O7S. The molecular weight excluding hydrogens is 480 g/mol. The van der Waals surface area contributed by atoms with Crippen molar-refractivity contribution in [1.82, 2.24) is 0 Å². The lowest BCUT2D eigenvalue weighted by molar-refractivity contribution is -0.178. The summed E-state index contributed by atoms with van der Waals surface area (Å²) in [5.74, 6) is -0.761. The number of hydrogen-bond donors (Lipinski definition) is 2. The first-order valence-corrected chi connectivity index (χ1v) is 14.1. The number of rotatable bonds is 5. The first-order valence-electron chi connectivity index (χ1n) is 12.7. The zero-order valence-corrected chi connectivity index (χ0v) is 21.8. The van der Waals surface area contributed by atoms with Gasteiger partial charge in [0.2, 0.25) is 0 Å². The third kappa shape index (κ3) is 3.68. The van der Waals surface area contributed by atoms with Gasteiger partial charge in [0, 0.05) is 16.7 Å². The SMILES string of the molecule is Cc1ccc(S(=O)(=O)OCC(=O)[C@@]2(O)CC[C@H]3[C@@H]4CCC5=CC(=O)C=C[C@]5(C)[C@H]4[C@@H](O)C[C@@]32C)cc1. The quantitative estimate of drug-likeness (QED) is 0.579. The van der Waals surface area contributed by atoms with Gasteiger partial charge in [-0.1, -0.05) is 43.2 Å². The number of aryl methyl sites for hydroxylation is 1. The number of ketones is 2. The molecule has 0 radical (unpaired) electrons. The fourth-order valence-electron chi connectivity index (χ4n) is 7.81. The lowest BCUT2D eigenvalue weighted by atomic mass is 9.46. The van der Waals surface area contributed by atoms with Gasteiger partial charge in [-0.05, 0) is 75.1 Å². The van der Waals surface area contributed by atoms with Gasteiger partial charge in [0.25, 0.3) is 10.1 Å². The molecule has 1 aromatic rings. The number of fused-ring (bicyclic) bond motifs is 5. The molecule has 3 fully saturated rings. The number of allylic oxidation sites excluding steroid dienone is 4. The lowest BCUT2D eigenvalue weighted by Gasteiger charge is -2.59. The van der Waals surface area contributed by atoms with E-state index >= 15 is 0 Å². The molecule has 0 aliphatic heterocycles. The number of benzene rings is 1. The number of hydrogen-bond acceptors (Lipinski definition) is 7. The summed E-state index contributed by atoms with van der Waals surface area (Å²) in [4.78, 5) is 25.3. The topological polar surface area (TPSA) is 118 Å². The Kier molecular flexibility index (Phi) is 5.99. The Bertz CT molecular complexity index is 1260. The number of Topliss-reactive ketones (excluding diaryl/α,β-unsaturated/α-hetero) is 1. The van der Waals surface area contributed by atoms with Crippen molar-refractivity contribution in [3.05, 3.63) is 53.6 Å². The zero-order valence-electron chi connectivity index (χ0n) is 20.9. The van der Waals surface area contributed by atoms with Crippen molar-refractivity contribution >= 4 is 21.7 Å². The molecule has 36 heavy (non-hydrogen) atoms. The molecule has 0 heterocycles. The molecule has 0 bridgehead atoms. The van der Waals surface area contributed by atoms with E-state index in [0.717, 1.165) is 24.0 Å². The van der Waals surface area contributed by atoms with Gasteiger partial charge >= 0.3 is 0 Å². The van der Waals surface area contributed by atoms with Crippen LogP contribution < -0.4 is 0 Å². The van der Waals surface area contributed by atoms with Crippen molar-refractivity contribution in [3.63, 3.8) is 0 Å². The van der Waals surface area contributed by atoms with Crippen LogP contribution in [-0.4, -0.2) is 48.5 Å². The van der Waals surface area contributed by atoms with Crippen molar-refractivity contribution in [2.75, 3.05) is 6.61 Å². The summed E-state index contributed by atoms with van der Waals surface area (Å²) < 4.78 is 30.4. The largest absolute Gasteiger partial charge is 0.393 e. The van der Waals surface area contributed by atoms with Crippen LogP contribution in [0.4, 0.5) is 0 Å². The van der Waals surface area contributed by atoms with E-state index in [9.17, 15) is 28.2 Å². The van der Waals surface area contributed by atoms with E-state index in [1.54, 1.807) is 24.3 Å². The minimum atomic E-state index is -4.16. The second-order valence-corrected chi connectivity index (χ2v) is 13.2. The van der Waals surface area contributed by atoms with E-state index < -0.39 is 45.0 Å². The number of carbonyl (C=O) groups is 2. The van der Waals surface area contributed by atoms with Crippen molar-refractivity contribution in [1.29, 1.82) is 0 Å². The van der Waals surface area contributed by atoms with Gasteiger partial charge in [-0.2, -0.15) is 8.42 Å². The Labute approximate surface area is 212 Å². The molecule has 7 atom stereocenters. The second kappa shape index (κ2) is 8.45. The molecule has 4 aliphatic rings. The number of aliphatic hydroxyl groups excluding tert-OH is 1.